The molecule has 4 aromatic heterocycles. The van der Waals surface area contributed by atoms with Crippen molar-refractivity contribution in [2.75, 3.05) is 6.26 Å². The van der Waals surface area contributed by atoms with Gasteiger partial charge in [-0.1, -0.05) is 24.3 Å². The minimum Gasteiger partial charge on any atom is -0.454 e. The van der Waals surface area contributed by atoms with Crippen molar-refractivity contribution in [2.24, 2.45) is 7.05 Å². The molecule has 4 heterocycles. The second kappa shape index (κ2) is 7.17. The molecular weight excluding hydrogens is 412 g/mol. The Kier molecular flexibility index (Phi) is 4.44. The lowest BCUT2D eigenvalue weighted by Gasteiger charge is -2.04. The number of rotatable bonds is 4. The van der Waals surface area contributed by atoms with Crippen LogP contribution >= 0.6 is 0 Å². The van der Waals surface area contributed by atoms with Gasteiger partial charge >= 0.3 is 0 Å². The topological polar surface area (TPSA) is 90.9 Å². The Morgan fingerprint density at radius 3 is 2.39 bits per heavy atom. The summed E-state index contributed by atoms with van der Waals surface area (Å²) in [6, 6.07) is 13.3. The second-order valence-electron chi connectivity index (χ2n) is 7.35. The second-order valence-corrected chi connectivity index (χ2v) is 9.36. The molecule has 0 saturated heterocycles. The van der Waals surface area contributed by atoms with E-state index in [4.69, 9.17) is 4.42 Å². The number of nitrogens with zero attached hydrogens (tertiary/aromatic N) is 4. The highest BCUT2D eigenvalue weighted by molar-refractivity contribution is 7.90. The minimum atomic E-state index is -3.36. The van der Waals surface area contributed by atoms with Crippen LogP contribution in [0.5, 0.6) is 0 Å². The first-order chi connectivity index (χ1) is 14.9. The molecule has 154 valence electrons. The fourth-order valence-electron chi connectivity index (χ4n) is 3.47. The monoisotopic (exact) mass is 430 g/mol. The molecule has 0 aliphatic heterocycles. The molecule has 5 aromatic rings. The average molecular weight is 430 g/mol. The van der Waals surface area contributed by atoms with Crippen molar-refractivity contribution in [3.8, 4) is 33.6 Å². The maximum atomic E-state index is 11.9. The van der Waals surface area contributed by atoms with Crippen LogP contribution in [0.3, 0.4) is 0 Å². The highest BCUT2D eigenvalue weighted by atomic mass is 32.2. The van der Waals surface area contributed by atoms with E-state index in [9.17, 15) is 8.42 Å². The van der Waals surface area contributed by atoms with Crippen molar-refractivity contribution in [1.29, 1.82) is 0 Å². The lowest BCUT2D eigenvalue weighted by molar-refractivity contribution is 0.601. The Hall–Kier alpha value is -3.78. The molecule has 0 bridgehead atoms. The van der Waals surface area contributed by atoms with Gasteiger partial charge in [0.15, 0.2) is 15.4 Å². The van der Waals surface area contributed by atoms with Gasteiger partial charge in [0.05, 0.1) is 11.1 Å². The maximum Gasteiger partial charge on any atom is 0.177 e. The lowest BCUT2D eigenvalue weighted by Crippen LogP contribution is -1.98. The smallest absolute Gasteiger partial charge is 0.177 e. The zero-order valence-electron chi connectivity index (χ0n) is 16.9. The van der Waals surface area contributed by atoms with Crippen LogP contribution in [0.1, 0.15) is 0 Å². The van der Waals surface area contributed by atoms with Gasteiger partial charge in [-0.3, -0.25) is 14.6 Å². The predicted molar refractivity (Wildman–Crippen MR) is 118 cm³/mol. The molecule has 0 N–H and O–H groups in total. The first-order valence-electron chi connectivity index (χ1n) is 9.52. The third-order valence-electron chi connectivity index (χ3n) is 5.07. The molecular formula is C23H18N4O3S. The summed E-state index contributed by atoms with van der Waals surface area (Å²) < 4.78 is 31.8. The van der Waals surface area contributed by atoms with Gasteiger partial charge in [0.25, 0.3) is 0 Å². The number of hydrogen-bond acceptors (Lipinski definition) is 6. The molecule has 0 atom stereocenters. The van der Waals surface area contributed by atoms with Crippen molar-refractivity contribution < 1.29 is 12.8 Å². The highest BCUT2D eigenvalue weighted by Gasteiger charge is 2.15. The molecule has 0 aliphatic carbocycles. The summed E-state index contributed by atoms with van der Waals surface area (Å²) in [5, 5.41) is 4.21. The number of aromatic nitrogens is 4. The summed E-state index contributed by atoms with van der Waals surface area (Å²) in [7, 11) is -1.48. The van der Waals surface area contributed by atoms with Gasteiger partial charge in [-0.05, 0) is 17.7 Å². The van der Waals surface area contributed by atoms with Gasteiger partial charge in [-0.25, -0.2) is 8.42 Å². The minimum absolute atomic E-state index is 0.160. The maximum absolute atomic E-state index is 11.9. The molecule has 31 heavy (non-hydrogen) atoms. The molecule has 0 radical (unpaired) electrons. The van der Waals surface area contributed by atoms with Crippen molar-refractivity contribution in [1.82, 2.24) is 19.7 Å². The molecule has 0 saturated carbocycles. The number of furan rings is 1. The van der Waals surface area contributed by atoms with Crippen LogP contribution in [0.2, 0.25) is 0 Å². The van der Waals surface area contributed by atoms with E-state index in [0.717, 1.165) is 28.5 Å². The normalized spacial score (nSPS) is 11.8. The molecule has 1 aromatic carbocycles. The Morgan fingerprint density at radius 2 is 1.68 bits per heavy atom. The van der Waals surface area contributed by atoms with Gasteiger partial charge in [-0.15, -0.1) is 0 Å². The number of sulfone groups is 1. The SMILES string of the molecule is Cn1cc(-c2ccc(-c3cc4nccc(-c5cncc(S(C)(=O)=O)c5)c4o3)cc2)cn1. The number of benzene rings is 1. The molecule has 5 rings (SSSR count). The van der Waals surface area contributed by atoms with E-state index in [1.165, 1.54) is 6.20 Å². The summed E-state index contributed by atoms with van der Waals surface area (Å²) in [5.41, 5.74) is 5.69. The predicted octanol–water partition coefficient (Wildman–Crippen LogP) is 4.36. The fraction of sp³-hybridized carbons (Fsp3) is 0.0870. The summed E-state index contributed by atoms with van der Waals surface area (Å²) in [6.45, 7) is 0. The van der Waals surface area contributed by atoms with Crippen LogP contribution in [0.15, 0.2) is 82.8 Å². The summed E-state index contributed by atoms with van der Waals surface area (Å²) in [4.78, 5) is 8.66. The molecule has 8 heteroatoms. The van der Waals surface area contributed by atoms with E-state index in [2.05, 4.69) is 15.1 Å². The van der Waals surface area contributed by atoms with Crippen LogP contribution in [0, 0.1) is 0 Å². The molecule has 0 aliphatic rings. The first kappa shape index (κ1) is 19.2. The van der Waals surface area contributed by atoms with E-state index < -0.39 is 9.84 Å². The number of hydrogen-bond donors (Lipinski definition) is 0. The van der Waals surface area contributed by atoms with Crippen molar-refractivity contribution >= 4 is 20.9 Å². The fourth-order valence-corrected chi connectivity index (χ4v) is 4.07. The van der Waals surface area contributed by atoms with Crippen molar-refractivity contribution in [3.63, 3.8) is 0 Å². The van der Waals surface area contributed by atoms with Crippen molar-refractivity contribution in [3.05, 3.63) is 73.4 Å². The summed E-state index contributed by atoms with van der Waals surface area (Å²) >= 11 is 0. The molecule has 0 unspecified atom stereocenters. The Balaban J connectivity index is 1.56. The van der Waals surface area contributed by atoms with Crippen LogP contribution in [-0.4, -0.2) is 34.4 Å². The Morgan fingerprint density at radius 1 is 0.903 bits per heavy atom. The standard InChI is InChI=1S/C23H18N4O3S/c1-27-14-18(12-26-27)15-3-5-16(6-4-15)22-10-21-23(30-22)20(7-8-25-21)17-9-19(13-24-11-17)31(2,28)29/h3-14H,1-2H3. The molecule has 0 amide bonds. The van der Waals surface area contributed by atoms with Crippen LogP contribution in [0.4, 0.5) is 0 Å². The average Bonchev–Trinajstić information content (AvgIpc) is 3.39. The quantitative estimate of drug-likeness (QED) is 0.421. The van der Waals surface area contributed by atoms with Gasteiger partial charge < -0.3 is 4.42 Å². The van der Waals surface area contributed by atoms with E-state index in [1.807, 2.05) is 49.8 Å². The van der Waals surface area contributed by atoms with E-state index in [-0.39, 0.29) is 4.90 Å². The third kappa shape index (κ3) is 3.62. The summed E-state index contributed by atoms with van der Waals surface area (Å²) in [5.74, 6) is 0.680. The molecule has 0 fully saturated rings. The van der Waals surface area contributed by atoms with Crippen LogP contribution < -0.4 is 0 Å². The van der Waals surface area contributed by atoms with E-state index in [0.29, 0.717) is 22.4 Å². The van der Waals surface area contributed by atoms with Crippen molar-refractivity contribution in [2.45, 2.75) is 4.90 Å². The van der Waals surface area contributed by atoms with Gasteiger partial charge in [0.2, 0.25) is 0 Å². The lowest BCUT2D eigenvalue weighted by atomic mass is 10.1. The number of fused-ring (bicyclic) bond motifs is 1. The van der Waals surface area contributed by atoms with Crippen LogP contribution in [-0.2, 0) is 16.9 Å². The van der Waals surface area contributed by atoms with Gasteiger partial charge in [0.1, 0.15) is 11.3 Å². The molecule has 7 nitrogen and oxygen atoms in total. The number of pyridine rings is 2. The number of aryl methyl sites for hydroxylation is 1. The van der Waals surface area contributed by atoms with E-state index >= 15 is 0 Å². The highest BCUT2D eigenvalue weighted by Crippen LogP contribution is 2.34. The zero-order chi connectivity index (χ0) is 21.6. The summed E-state index contributed by atoms with van der Waals surface area (Å²) in [6.07, 6.45) is 9.59. The molecule has 0 spiro atoms. The third-order valence-corrected chi connectivity index (χ3v) is 6.15. The van der Waals surface area contributed by atoms with Crippen LogP contribution in [0.25, 0.3) is 44.7 Å². The van der Waals surface area contributed by atoms with Gasteiger partial charge in [-0.2, -0.15) is 5.10 Å². The Bertz CT molecular complexity index is 1520. The Labute approximate surface area is 178 Å². The largest absolute Gasteiger partial charge is 0.454 e. The van der Waals surface area contributed by atoms with E-state index in [1.54, 1.807) is 29.2 Å². The van der Waals surface area contributed by atoms with Gasteiger partial charge in [0, 0.05) is 66.4 Å². The first-order valence-corrected chi connectivity index (χ1v) is 11.4. The zero-order valence-corrected chi connectivity index (χ0v) is 17.7.